The van der Waals surface area contributed by atoms with Crippen LogP contribution < -0.4 is 5.73 Å². The van der Waals surface area contributed by atoms with E-state index in [1.807, 2.05) is 27.7 Å². The molecule has 2 N–H and O–H groups in total. The Kier molecular flexibility index (Phi) is 6.90. The molecule has 0 aliphatic carbocycles. The zero-order valence-electron chi connectivity index (χ0n) is 12.4. The summed E-state index contributed by atoms with van der Waals surface area (Å²) in [4.78, 5) is 23.2. The van der Waals surface area contributed by atoms with Gasteiger partial charge in [-0.15, -0.1) is 0 Å². The summed E-state index contributed by atoms with van der Waals surface area (Å²) in [5, 5.41) is 0. The first kappa shape index (κ1) is 17.2. The van der Waals surface area contributed by atoms with Gasteiger partial charge < -0.3 is 15.2 Å². The van der Waals surface area contributed by atoms with Crippen molar-refractivity contribution in [2.24, 2.45) is 17.6 Å². The van der Waals surface area contributed by atoms with E-state index in [1.54, 1.807) is 6.08 Å². The fraction of sp³-hybridized carbons (Fsp3) is 0.571. The number of esters is 2. The minimum atomic E-state index is -0.799. The summed E-state index contributed by atoms with van der Waals surface area (Å²) in [7, 11) is 2.38. The van der Waals surface area contributed by atoms with E-state index in [-0.39, 0.29) is 23.1 Å². The lowest BCUT2D eigenvalue weighted by molar-refractivity contribution is -0.144. The van der Waals surface area contributed by atoms with Crippen LogP contribution in [0.2, 0.25) is 0 Å². The molecule has 0 spiro atoms. The van der Waals surface area contributed by atoms with Gasteiger partial charge in [-0.3, -0.25) is 0 Å². The summed E-state index contributed by atoms with van der Waals surface area (Å²) < 4.78 is 9.10. The van der Waals surface area contributed by atoms with Gasteiger partial charge in [-0.05, 0) is 17.9 Å². The number of rotatable bonds is 5. The van der Waals surface area contributed by atoms with Crippen LogP contribution in [0.25, 0.3) is 0 Å². The fourth-order valence-corrected chi connectivity index (χ4v) is 1.77. The van der Waals surface area contributed by atoms with E-state index in [2.05, 4.69) is 9.47 Å². The van der Waals surface area contributed by atoms with Crippen molar-refractivity contribution in [1.29, 1.82) is 0 Å². The smallest absolute Gasteiger partial charge is 0.347 e. The maximum atomic E-state index is 11.6. The van der Waals surface area contributed by atoms with Gasteiger partial charge >= 0.3 is 11.9 Å². The first-order chi connectivity index (χ1) is 8.76. The quantitative estimate of drug-likeness (QED) is 0.270. The summed E-state index contributed by atoms with van der Waals surface area (Å²) in [5.41, 5.74) is 6.68. The van der Waals surface area contributed by atoms with Gasteiger partial charge in [0.25, 0.3) is 0 Å². The molecule has 108 valence electrons. The Morgan fingerprint density at radius 2 is 1.32 bits per heavy atom. The van der Waals surface area contributed by atoms with Crippen LogP contribution in [0.3, 0.4) is 0 Å². The standard InChI is InChI=1S/C14H23NO4/c1-8(2)10(9(3)4)7-11(15)12(13(16)18-5)14(17)19-6/h7-9H,15H2,1-6H3. The Labute approximate surface area is 114 Å². The fourth-order valence-electron chi connectivity index (χ4n) is 1.77. The van der Waals surface area contributed by atoms with Crippen LogP contribution in [0.15, 0.2) is 22.9 Å². The Hall–Kier alpha value is -1.78. The molecule has 0 heterocycles. The van der Waals surface area contributed by atoms with E-state index in [4.69, 9.17) is 5.73 Å². The largest absolute Gasteiger partial charge is 0.465 e. The molecule has 0 saturated carbocycles. The molecule has 0 rings (SSSR count). The van der Waals surface area contributed by atoms with Gasteiger partial charge in [-0.1, -0.05) is 33.3 Å². The molecule has 0 bridgehead atoms. The van der Waals surface area contributed by atoms with Crippen LogP contribution in [-0.4, -0.2) is 26.2 Å². The molecule has 0 saturated heterocycles. The van der Waals surface area contributed by atoms with Crippen molar-refractivity contribution in [3.8, 4) is 0 Å². The van der Waals surface area contributed by atoms with Crippen LogP contribution >= 0.6 is 0 Å². The normalized spacial score (nSPS) is 10.1. The number of hydrogen-bond acceptors (Lipinski definition) is 5. The van der Waals surface area contributed by atoms with E-state index < -0.39 is 11.9 Å². The van der Waals surface area contributed by atoms with E-state index >= 15 is 0 Å². The summed E-state index contributed by atoms with van der Waals surface area (Å²) >= 11 is 0. The van der Waals surface area contributed by atoms with Crippen LogP contribution in [0.1, 0.15) is 27.7 Å². The van der Waals surface area contributed by atoms with Crippen molar-refractivity contribution in [2.45, 2.75) is 27.7 Å². The third kappa shape index (κ3) is 4.77. The number of allylic oxidation sites excluding steroid dienone is 2. The molecule has 0 aromatic carbocycles. The molecule has 19 heavy (non-hydrogen) atoms. The van der Waals surface area contributed by atoms with Crippen molar-refractivity contribution < 1.29 is 19.1 Å². The van der Waals surface area contributed by atoms with Gasteiger partial charge in [-0.25, -0.2) is 9.59 Å². The van der Waals surface area contributed by atoms with E-state index in [1.165, 1.54) is 14.2 Å². The third-order valence-corrected chi connectivity index (χ3v) is 2.72. The Morgan fingerprint density at radius 3 is 1.58 bits per heavy atom. The average molecular weight is 269 g/mol. The summed E-state index contributed by atoms with van der Waals surface area (Å²) in [6, 6.07) is 0. The highest BCUT2D eigenvalue weighted by atomic mass is 16.5. The second-order valence-corrected chi connectivity index (χ2v) is 4.77. The van der Waals surface area contributed by atoms with Gasteiger partial charge in [0.2, 0.25) is 0 Å². The molecule has 5 nitrogen and oxygen atoms in total. The van der Waals surface area contributed by atoms with Gasteiger partial charge in [0, 0.05) is 0 Å². The molecule has 0 amide bonds. The topological polar surface area (TPSA) is 78.6 Å². The summed E-state index contributed by atoms with van der Waals surface area (Å²) in [6.45, 7) is 8.09. The van der Waals surface area contributed by atoms with Crippen molar-refractivity contribution in [2.75, 3.05) is 14.2 Å². The molecule has 0 aliphatic rings. The number of carbonyl (C=O) groups is 2. The van der Waals surface area contributed by atoms with Crippen LogP contribution in [-0.2, 0) is 19.1 Å². The van der Waals surface area contributed by atoms with Gasteiger partial charge in [0.05, 0.1) is 19.9 Å². The number of nitrogens with two attached hydrogens (primary N) is 1. The minimum absolute atomic E-state index is 0.0658. The summed E-state index contributed by atoms with van der Waals surface area (Å²) in [6.07, 6.45) is 1.65. The molecule has 0 atom stereocenters. The SMILES string of the molecule is COC(=O)C(C(=O)OC)=C(N)C=C(C(C)C)C(C)C. The second-order valence-electron chi connectivity index (χ2n) is 4.77. The number of ether oxygens (including phenoxy) is 2. The molecule has 0 radical (unpaired) electrons. The zero-order chi connectivity index (χ0) is 15.2. The number of methoxy groups -OCH3 is 2. The average Bonchev–Trinajstić information content (AvgIpc) is 2.34. The van der Waals surface area contributed by atoms with Crippen LogP contribution in [0.4, 0.5) is 0 Å². The van der Waals surface area contributed by atoms with Crippen molar-refractivity contribution in [1.82, 2.24) is 0 Å². The van der Waals surface area contributed by atoms with Gasteiger partial charge in [0.1, 0.15) is 0 Å². The number of hydrogen-bond donors (Lipinski definition) is 1. The van der Waals surface area contributed by atoms with E-state index in [0.717, 1.165) is 5.57 Å². The Balaban J connectivity index is 5.76. The highest BCUT2D eigenvalue weighted by Gasteiger charge is 2.23. The zero-order valence-corrected chi connectivity index (χ0v) is 12.4. The third-order valence-electron chi connectivity index (χ3n) is 2.72. The maximum Gasteiger partial charge on any atom is 0.347 e. The van der Waals surface area contributed by atoms with Crippen LogP contribution in [0.5, 0.6) is 0 Å². The molecular weight excluding hydrogens is 246 g/mol. The maximum absolute atomic E-state index is 11.6. The first-order valence-electron chi connectivity index (χ1n) is 6.14. The highest BCUT2D eigenvalue weighted by molar-refractivity contribution is 6.14. The molecule has 0 aromatic heterocycles. The first-order valence-corrected chi connectivity index (χ1v) is 6.14. The predicted octanol–water partition coefficient (Wildman–Crippen LogP) is 1.78. The van der Waals surface area contributed by atoms with Crippen molar-refractivity contribution >= 4 is 11.9 Å². The second kappa shape index (κ2) is 7.61. The van der Waals surface area contributed by atoms with E-state index in [0.29, 0.717) is 0 Å². The minimum Gasteiger partial charge on any atom is -0.465 e. The summed E-state index contributed by atoms with van der Waals surface area (Å²) in [5.74, 6) is -1.08. The predicted molar refractivity (Wildman–Crippen MR) is 73.0 cm³/mol. The lowest BCUT2D eigenvalue weighted by Gasteiger charge is -2.16. The lowest BCUT2D eigenvalue weighted by atomic mass is 9.91. The van der Waals surface area contributed by atoms with Crippen molar-refractivity contribution in [3.05, 3.63) is 22.9 Å². The van der Waals surface area contributed by atoms with Gasteiger partial charge in [0.15, 0.2) is 5.57 Å². The lowest BCUT2D eigenvalue weighted by Crippen LogP contribution is -2.21. The highest BCUT2D eigenvalue weighted by Crippen LogP contribution is 2.21. The molecule has 0 aromatic rings. The molecule has 0 aliphatic heterocycles. The Morgan fingerprint density at radius 1 is 0.947 bits per heavy atom. The van der Waals surface area contributed by atoms with Gasteiger partial charge in [-0.2, -0.15) is 0 Å². The van der Waals surface area contributed by atoms with E-state index in [9.17, 15) is 9.59 Å². The van der Waals surface area contributed by atoms with Crippen LogP contribution in [0, 0.1) is 11.8 Å². The molecular formula is C14H23NO4. The van der Waals surface area contributed by atoms with Crippen molar-refractivity contribution in [3.63, 3.8) is 0 Å². The molecule has 0 unspecified atom stereocenters. The Bertz CT molecular complexity index is 378. The molecule has 0 fully saturated rings. The number of carbonyl (C=O) groups excluding carboxylic acids is 2. The monoisotopic (exact) mass is 269 g/mol. The molecule has 5 heteroatoms.